The Hall–Kier alpha value is -2.42. The number of amides is 2. The Kier molecular flexibility index (Phi) is 7.13. The maximum absolute atomic E-state index is 13.1. The molecule has 32 heavy (non-hydrogen) atoms. The van der Waals surface area contributed by atoms with E-state index in [2.05, 4.69) is 15.3 Å². The van der Waals surface area contributed by atoms with Gasteiger partial charge in [-0.2, -0.15) is 5.10 Å². The molecule has 0 unspecified atom stereocenters. The van der Waals surface area contributed by atoms with Crippen LogP contribution in [0.2, 0.25) is 5.02 Å². The van der Waals surface area contributed by atoms with Crippen molar-refractivity contribution in [2.75, 3.05) is 45.9 Å². The highest BCUT2D eigenvalue weighted by Gasteiger charge is 2.36. The summed E-state index contributed by atoms with van der Waals surface area (Å²) in [6, 6.07) is 7.75. The lowest BCUT2D eigenvalue weighted by Crippen LogP contribution is -2.56. The van der Waals surface area contributed by atoms with Crippen LogP contribution in [0.3, 0.4) is 0 Å². The number of ether oxygens (including phenoxy) is 1. The van der Waals surface area contributed by atoms with E-state index in [-0.39, 0.29) is 17.7 Å². The Morgan fingerprint density at radius 3 is 2.59 bits per heavy atom. The summed E-state index contributed by atoms with van der Waals surface area (Å²) in [6.07, 6.45) is 0. The molecule has 2 aliphatic rings. The number of nitrogens with one attached hydrogen (secondary N) is 1. The first-order valence-electron chi connectivity index (χ1n) is 11.1. The molecule has 1 N–H and O–H groups in total. The Morgan fingerprint density at radius 1 is 1.19 bits per heavy atom. The van der Waals surface area contributed by atoms with Crippen LogP contribution >= 0.6 is 11.6 Å². The maximum atomic E-state index is 13.1. The molecule has 0 radical (unpaired) electrons. The van der Waals surface area contributed by atoms with E-state index < -0.39 is 0 Å². The van der Waals surface area contributed by atoms with E-state index in [4.69, 9.17) is 16.3 Å². The van der Waals surface area contributed by atoms with E-state index in [1.807, 2.05) is 38.1 Å². The molecular formula is C23H30ClN5O3. The number of aromatic nitrogens is 2. The molecule has 8 nitrogen and oxygen atoms in total. The van der Waals surface area contributed by atoms with Crippen molar-refractivity contribution < 1.29 is 14.3 Å². The second-order valence-electron chi connectivity index (χ2n) is 8.45. The number of carbonyl (C=O) groups is 2. The van der Waals surface area contributed by atoms with Crippen molar-refractivity contribution in [2.45, 2.75) is 26.9 Å². The first-order chi connectivity index (χ1) is 15.4. The summed E-state index contributed by atoms with van der Waals surface area (Å²) in [5.74, 6) is -0.201. The normalized spacial score (nSPS) is 17.3. The highest BCUT2D eigenvalue weighted by atomic mass is 35.5. The van der Waals surface area contributed by atoms with E-state index in [9.17, 15) is 9.59 Å². The van der Waals surface area contributed by atoms with Crippen molar-refractivity contribution in [2.24, 2.45) is 5.92 Å². The van der Waals surface area contributed by atoms with Crippen LogP contribution in [0, 0.1) is 19.8 Å². The number of likely N-dealkylation sites (tertiary alicyclic amines) is 1. The van der Waals surface area contributed by atoms with Crippen molar-refractivity contribution in [3.8, 4) is 0 Å². The average molecular weight is 460 g/mol. The summed E-state index contributed by atoms with van der Waals surface area (Å²) in [6.45, 7) is 9.65. The molecule has 172 valence electrons. The smallest absolute Gasteiger partial charge is 0.254 e. The second kappa shape index (κ2) is 10.0. The topological polar surface area (TPSA) is 79.7 Å². The number of halogens is 1. The van der Waals surface area contributed by atoms with Gasteiger partial charge in [-0.25, -0.2) is 0 Å². The van der Waals surface area contributed by atoms with Crippen LogP contribution in [0.1, 0.15) is 27.3 Å². The van der Waals surface area contributed by atoms with Gasteiger partial charge in [0.2, 0.25) is 5.91 Å². The molecule has 0 bridgehead atoms. The molecule has 2 saturated heterocycles. The van der Waals surface area contributed by atoms with Crippen LogP contribution < -0.4 is 5.32 Å². The van der Waals surface area contributed by atoms with Crippen molar-refractivity contribution in [1.82, 2.24) is 24.9 Å². The number of rotatable bonds is 7. The molecule has 0 atom stereocenters. The van der Waals surface area contributed by atoms with Gasteiger partial charge in [-0.15, -0.1) is 0 Å². The van der Waals surface area contributed by atoms with Gasteiger partial charge in [0.15, 0.2) is 0 Å². The summed E-state index contributed by atoms with van der Waals surface area (Å²) < 4.78 is 7.22. The van der Waals surface area contributed by atoms with E-state index in [0.29, 0.717) is 31.2 Å². The van der Waals surface area contributed by atoms with Gasteiger partial charge in [-0.3, -0.25) is 19.2 Å². The lowest BCUT2D eigenvalue weighted by atomic mass is 9.96. The van der Waals surface area contributed by atoms with Gasteiger partial charge in [0.1, 0.15) is 0 Å². The molecule has 2 aliphatic heterocycles. The van der Waals surface area contributed by atoms with Gasteiger partial charge in [-0.1, -0.05) is 29.8 Å². The molecular weight excluding hydrogens is 430 g/mol. The standard InChI is InChI=1S/C23H30ClN5O3/c1-16-21(24)17(2)29(26-16)8-7-25-22(30)19-14-28(15-19)23(31)20-6-4-3-5-18(20)13-27-9-11-32-12-10-27/h3-6,19H,7-15H2,1-2H3,(H,25,30). The highest BCUT2D eigenvalue weighted by Crippen LogP contribution is 2.22. The summed E-state index contributed by atoms with van der Waals surface area (Å²) in [4.78, 5) is 29.6. The number of aryl methyl sites for hydroxylation is 1. The molecule has 1 aromatic carbocycles. The fraction of sp³-hybridized carbons (Fsp3) is 0.522. The van der Waals surface area contributed by atoms with Gasteiger partial charge in [0, 0.05) is 44.8 Å². The van der Waals surface area contributed by atoms with E-state index in [0.717, 1.165) is 55.4 Å². The molecule has 2 amide bonds. The van der Waals surface area contributed by atoms with E-state index >= 15 is 0 Å². The molecule has 3 heterocycles. The minimum atomic E-state index is -0.172. The van der Waals surface area contributed by atoms with Gasteiger partial charge < -0.3 is 15.0 Å². The molecule has 1 aromatic heterocycles. The van der Waals surface area contributed by atoms with E-state index in [1.165, 1.54) is 0 Å². The van der Waals surface area contributed by atoms with Crippen molar-refractivity contribution in [1.29, 1.82) is 0 Å². The minimum Gasteiger partial charge on any atom is -0.379 e. The monoisotopic (exact) mass is 459 g/mol. The third-order valence-electron chi connectivity index (χ3n) is 6.20. The lowest BCUT2D eigenvalue weighted by Gasteiger charge is -2.38. The minimum absolute atomic E-state index is 0.00445. The second-order valence-corrected chi connectivity index (χ2v) is 8.83. The number of benzene rings is 1. The molecule has 9 heteroatoms. The fourth-order valence-corrected chi connectivity index (χ4v) is 4.31. The van der Waals surface area contributed by atoms with Crippen molar-refractivity contribution in [3.63, 3.8) is 0 Å². The third-order valence-corrected chi connectivity index (χ3v) is 6.75. The zero-order valence-electron chi connectivity index (χ0n) is 18.6. The Balaban J connectivity index is 1.26. The van der Waals surface area contributed by atoms with Crippen LogP contribution in [-0.2, 0) is 22.6 Å². The van der Waals surface area contributed by atoms with E-state index in [1.54, 1.807) is 9.58 Å². The quantitative estimate of drug-likeness (QED) is 0.683. The lowest BCUT2D eigenvalue weighted by molar-refractivity contribution is -0.129. The van der Waals surface area contributed by atoms with Crippen LogP contribution in [0.25, 0.3) is 0 Å². The molecule has 2 fully saturated rings. The Bertz CT molecular complexity index is 980. The first-order valence-corrected chi connectivity index (χ1v) is 11.5. The number of hydrogen-bond acceptors (Lipinski definition) is 5. The molecule has 0 saturated carbocycles. The van der Waals surface area contributed by atoms with Crippen molar-refractivity contribution >= 4 is 23.4 Å². The predicted molar refractivity (Wildman–Crippen MR) is 122 cm³/mol. The van der Waals surface area contributed by atoms with Gasteiger partial charge in [0.25, 0.3) is 5.91 Å². The maximum Gasteiger partial charge on any atom is 0.254 e. The molecule has 2 aromatic rings. The van der Waals surface area contributed by atoms with Crippen molar-refractivity contribution in [3.05, 3.63) is 51.8 Å². The largest absolute Gasteiger partial charge is 0.379 e. The Morgan fingerprint density at radius 2 is 1.91 bits per heavy atom. The van der Waals surface area contributed by atoms with Crippen LogP contribution in [0.5, 0.6) is 0 Å². The first kappa shape index (κ1) is 22.8. The average Bonchev–Trinajstić information content (AvgIpc) is 3.00. The summed E-state index contributed by atoms with van der Waals surface area (Å²) in [5, 5.41) is 7.99. The molecule has 0 spiro atoms. The zero-order valence-corrected chi connectivity index (χ0v) is 19.4. The third kappa shape index (κ3) is 4.98. The van der Waals surface area contributed by atoms with Crippen LogP contribution in [0.15, 0.2) is 24.3 Å². The zero-order chi connectivity index (χ0) is 22.7. The fourth-order valence-electron chi connectivity index (χ4n) is 4.17. The number of morpholine rings is 1. The van der Waals surface area contributed by atoms with Crippen LogP contribution in [-0.4, -0.2) is 77.3 Å². The number of hydrogen-bond donors (Lipinski definition) is 1. The number of carbonyl (C=O) groups excluding carboxylic acids is 2. The molecule has 0 aliphatic carbocycles. The van der Waals surface area contributed by atoms with Crippen LogP contribution in [0.4, 0.5) is 0 Å². The highest BCUT2D eigenvalue weighted by molar-refractivity contribution is 6.31. The summed E-state index contributed by atoms with van der Waals surface area (Å²) in [5.41, 5.74) is 3.43. The summed E-state index contributed by atoms with van der Waals surface area (Å²) in [7, 11) is 0. The predicted octanol–water partition coefficient (Wildman–Crippen LogP) is 1.87. The Labute approximate surface area is 193 Å². The van der Waals surface area contributed by atoms with Gasteiger partial charge in [-0.05, 0) is 25.5 Å². The van der Waals surface area contributed by atoms with Gasteiger partial charge in [0.05, 0.1) is 42.1 Å². The van der Waals surface area contributed by atoms with Gasteiger partial charge >= 0.3 is 0 Å². The summed E-state index contributed by atoms with van der Waals surface area (Å²) >= 11 is 6.17. The number of nitrogens with zero attached hydrogens (tertiary/aromatic N) is 4. The molecule has 4 rings (SSSR count). The SMILES string of the molecule is Cc1nn(CCNC(=O)C2CN(C(=O)c3ccccc3CN3CCOCC3)C2)c(C)c1Cl.